The summed E-state index contributed by atoms with van der Waals surface area (Å²) in [5.74, 6) is 1.95. The highest BCUT2D eigenvalue weighted by atomic mass is 32.1. The van der Waals surface area contributed by atoms with Gasteiger partial charge in [0.15, 0.2) is 0 Å². The van der Waals surface area contributed by atoms with E-state index in [9.17, 15) is 5.11 Å². The second kappa shape index (κ2) is 3.60. The van der Waals surface area contributed by atoms with Gasteiger partial charge in [0.1, 0.15) is 0 Å². The first kappa shape index (κ1) is 9.86. The highest BCUT2D eigenvalue weighted by Gasteiger charge is 2.52. The number of hydrogen-bond donors (Lipinski definition) is 1. The average Bonchev–Trinajstić information content (AvgIpc) is 2.75. The molecular formula is C13H18OS. The van der Waals surface area contributed by atoms with Gasteiger partial charge in [-0.1, -0.05) is 6.07 Å². The molecule has 82 valence electrons. The van der Waals surface area contributed by atoms with Crippen molar-refractivity contribution in [3.8, 4) is 0 Å². The topological polar surface area (TPSA) is 20.2 Å². The Balaban J connectivity index is 1.61. The maximum atomic E-state index is 9.59. The van der Waals surface area contributed by atoms with Crippen molar-refractivity contribution in [2.75, 3.05) is 6.61 Å². The number of hydrogen-bond acceptors (Lipinski definition) is 2. The molecule has 2 atom stereocenters. The van der Waals surface area contributed by atoms with E-state index in [-0.39, 0.29) is 5.41 Å². The fraction of sp³-hybridized carbons (Fsp3) is 0.692. The molecule has 1 nitrogen and oxygen atoms in total. The van der Waals surface area contributed by atoms with E-state index in [0.717, 1.165) is 18.3 Å². The summed E-state index contributed by atoms with van der Waals surface area (Å²) in [5.41, 5.74) is 0.289. The molecule has 0 amide bonds. The van der Waals surface area contributed by atoms with E-state index in [1.807, 2.05) is 11.3 Å². The van der Waals surface area contributed by atoms with E-state index in [0.29, 0.717) is 6.61 Å². The van der Waals surface area contributed by atoms with Crippen LogP contribution in [0.2, 0.25) is 0 Å². The van der Waals surface area contributed by atoms with Crippen LogP contribution in [0.4, 0.5) is 0 Å². The summed E-state index contributed by atoms with van der Waals surface area (Å²) >= 11 is 1.85. The van der Waals surface area contributed by atoms with Crippen LogP contribution in [0.15, 0.2) is 17.5 Å². The molecule has 2 saturated carbocycles. The maximum absolute atomic E-state index is 9.59. The van der Waals surface area contributed by atoms with Gasteiger partial charge in [0.2, 0.25) is 0 Å². The van der Waals surface area contributed by atoms with E-state index in [4.69, 9.17) is 0 Å². The summed E-state index contributed by atoms with van der Waals surface area (Å²) in [6, 6.07) is 4.34. The third-order valence-electron chi connectivity index (χ3n) is 4.28. The Morgan fingerprint density at radius 2 is 2.20 bits per heavy atom. The molecule has 1 N–H and O–H groups in total. The SMILES string of the molecule is OCC1(CCc2cccs2)CC2CC2C1. The fourth-order valence-electron chi connectivity index (χ4n) is 3.26. The Morgan fingerprint density at radius 1 is 1.40 bits per heavy atom. The van der Waals surface area contributed by atoms with Crippen molar-refractivity contribution >= 4 is 11.3 Å². The van der Waals surface area contributed by atoms with Crippen molar-refractivity contribution in [2.45, 2.75) is 32.1 Å². The van der Waals surface area contributed by atoms with E-state index in [1.165, 1.54) is 30.6 Å². The fourth-order valence-corrected chi connectivity index (χ4v) is 3.97. The first-order valence-corrected chi connectivity index (χ1v) is 6.83. The molecule has 3 rings (SSSR count). The lowest BCUT2D eigenvalue weighted by Crippen LogP contribution is -2.24. The maximum Gasteiger partial charge on any atom is 0.0487 e. The second-order valence-corrected chi connectivity index (χ2v) is 6.43. The van der Waals surface area contributed by atoms with Crippen molar-refractivity contribution in [1.82, 2.24) is 0 Å². The highest BCUT2D eigenvalue weighted by Crippen LogP contribution is 2.61. The van der Waals surface area contributed by atoms with Crippen LogP contribution >= 0.6 is 11.3 Å². The third-order valence-corrected chi connectivity index (χ3v) is 5.21. The molecule has 0 bridgehead atoms. The molecule has 1 heterocycles. The summed E-state index contributed by atoms with van der Waals surface area (Å²) in [6.45, 7) is 0.408. The van der Waals surface area contributed by atoms with Crippen LogP contribution in [-0.2, 0) is 6.42 Å². The van der Waals surface area contributed by atoms with Crippen molar-refractivity contribution in [2.24, 2.45) is 17.3 Å². The number of aliphatic hydroxyl groups excluding tert-OH is 1. The average molecular weight is 222 g/mol. The molecule has 1 aromatic heterocycles. The largest absolute Gasteiger partial charge is 0.396 e. The van der Waals surface area contributed by atoms with Gasteiger partial charge in [-0.15, -0.1) is 11.3 Å². The summed E-state index contributed by atoms with van der Waals surface area (Å²) in [5, 5.41) is 11.7. The van der Waals surface area contributed by atoms with Crippen LogP contribution in [0, 0.1) is 17.3 Å². The normalized spacial score (nSPS) is 37.9. The van der Waals surface area contributed by atoms with Gasteiger partial charge in [-0.3, -0.25) is 0 Å². The molecule has 0 aliphatic heterocycles. The Hall–Kier alpha value is -0.340. The predicted molar refractivity (Wildman–Crippen MR) is 63.0 cm³/mol. The van der Waals surface area contributed by atoms with Crippen molar-refractivity contribution in [3.63, 3.8) is 0 Å². The molecule has 15 heavy (non-hydrogen) atoms. The number of aliphatic hydroxyl groups is 1. The van der Waals surface area contributed by atoms with Gasteiger partial charge in [0.05, 0.1) is 0 Å². The molecule has 0 spiro atoms. The first-order chi connectivity index (χ1) is 7.31. The lowest BCUT2D eigenvalue weighted by Gasteiger charge is -2.28. The lowest BCUT2D eigenvalue weighted by molar-refractivity contribution is 0.108. The number of aryl methyl sites for hydroxylation is 1. The van der Waals surface area contributed by atoms with Crippen LogP contribution in [0.25, 0.3) is 0 Å². The van der Waals surface area contributed by atoms with Gasteiger partial charge in [0, 0.05) is 11.5 Å². The molecule has 1 aromatic rings. The molecule has 2 heteroatoms. The van der Waals surface area contributed by atoms with Crippen molar-refractivity contribution in [1.29, 1.82) is 0 Å². The predicted octanol–water partition coefficient (Wildman–Crippen LogP) is 3.09. The molecule has 0 radical (unpaired) electrons. The van der Waals surface area contributed by atoms with Crippen molar-refractivity contribution in [3.05, 3.63) is 22.4 Å². The van der Waals surface area contributed by atoms with Gasteiger partial charge in [-0.05, 0) is 60.8 Å². The summed E-state index contributed by atoms with van der Waals surface area (Å²) in [6.07, 6.45) is 6.38. The Labute approximate surface area is 95.1 Å². The molecule has 2 aliphatic carbocycles. The minimum atomic E-state index is 0.289. The van der Waals surface area contributed by atoms with Crippen LogP contribution in [0.3, 0.4) is 0 Å². The molecule has 2 unspecified atom stereocenters. The molecule has 2 fully saturated rings. The minimum Gasteiger partial charge on any atom is -0.396 e. The zero-order valence-electron chi connectivity index (χ0n) is 8.98. The monoisotopic (exact) mass is 222 g/mol. The van der Waals surface area contributed by atoms with Crippen LogP contribution < -0.4 is 0 Å². The number of thiophene rings is 1. The smallest absolute Gasteiger partial charge is 0.0487 e. The van der Waals surface area contributed by atoms with Crippen LogP contribution in [0.5, 0.6) is 0 Å². The van der Waals surface area contributed by atoms with E-state index >= 15 is 0 Å². The lowest BCUT2D eigenvalue weighted by atomic mass is 9.79. The molecule has 0 aromatic carbocycles. The Bertz CT molecular complexity index is 320. The summed E-state index contributed by atoms with van der Waals surface area (Å²) < 4.78 is 0. The summed E-state index contributed by atoms with van der Waals surface area (Å²) in [7, 11) is 0. The molecule has 2 aliphatic rings. The second-order valence-electron chi connectivity index (χ2n) is 5.40. The number of fused-ring (bicyclic) bond motifs is 1. The van der Waals surface area contributed by atoms with Gasteiger partial charge in [-0.25, -0.2) is 0 Å². The molecule has 0 saturated heterocycles. The van der Waals surface area contributed by atoms with Crippen molar-refractivity contribution < 1.29 is 5.11 Å². The zero-order valence-corrected chi connectivity index (χ0v) is 9.80. The summed E-state index contributed by atoms with van der Waals surface area (Å²) in [4.78, 5) is 1.48. The Morgan fingerprint density at radius 3 is 2.80 bits per heavy atom. The Kier molecular flexibility index (Phi) is 2.37. The van der Waals surface area contributed by atoms with E-state index in [1.54, 1.807) is 0 Å². The van der Waals surface area contributed by atoms with Gasteiger partial charge in [0.25, 0.3) is 0 Å². The minimum absolute atomic E-state index is 0.289. The van der Waals surface area contributed by atoms with Crippen LogP contribution in [-0.4, -0.2) is 11.7 Å². The standard InChI is InChI=1S/C13H18OS/c14-9-13(7-10-6-11(10)8-13)4-3-12-2-1-5-15-12/h1-2,5,10-11,14H,3-4,6-9H2. The third kappa shape index (κ3) is 1.85. The molecular weight excluding hydrogens is 204 g/mol. The van der Waals surface area contributed by atoms with E-state index in [2.05, 4.69) is 17.5 Å². The first-order valence-electron chi connectivity index (χ1n) is 5.95. The van der Waals surface area contributed by atoms with Gasteiger partial charge >= 0.3 is 0 Å². The van der Waals surface area contributed by atoms with Gasteiger partial charge < -0.3 is 5.11 Å². The highest BCUT2D eigenvalue weighted by molar-refractivity contribution is 7.09. The quantitative estimate of drug-likeness (QED) is 0.830. The zero-order chi connectivity index (χ0) is 10.3. The van der Waals surface area contributed by atoms with Crippen LogP contribution in [0.1, 0.15) is 30.6 Å². The van der Waals surface area contributed by atoms with E-state index < -0.39 is 0 Å². The number of rotatable bonds is 4. The van der Waals surface area contributed by atoms with Gasteiger partial charge in [-0.2, -0.15) is 0 Å².